The number of phenolic OH excluding ortho intramolecular Hbond substituents is 2. The van der Waals surface area contributed by atoms with Crippen molar-refractivity contribution in [2.45, 2.75) is 0 Å². The van der Waals surface area contributed by atoms with Gasteiger partial charge in [-0.1, -0.05) is 103 Å². The van der Waals surface area contributed by atoms with E-state index in [1.54, 1.807) is 6.07 Å². The first-order valence-electron chi connectivity index (χ1n) is 11.7. The van der Waals surface area contributed by atoms with E-state index in [0.717, 1.165) is 38.4 Å². The second kappa shape index (κ2) is 9.01. The summed E-state index contributed by atoms with van der Waals surface area (Å²) in [7, 11) is 0. The average molecular weight is 467 g/mol. The molecule has 0 amide bonds. The molecule has 0 atom stereocenters. The number of hydrogen-bond donors (Lipinski definition) is 2. The molecule has 6 aromatic rings. The molecule has 4 heteroatoms. The minimum Gasteiger partial charge on any atom is -0.505 e. The van der Waals surface area contributed by atoms with Gasteiger partial charge in [0.1, 0.15) is 5.75 Å². The first kappa shape index (κ1) is 21.6. The molecule has 6 aromatic carbocycles. The van der Waals surface area contributed by atoms with Crippen LogP contribution >= 0.6 is 0 Å². The molecule has 0 bridgehead atoms. The second-order valence-corrected chi connectivity index (χ2v) is 8.58. The standard InChI is InChI=1S/C32H22N2O2/c35-27-20-26-28(21-12-4-1-5-13-21)24-18-10-11-19-25(24)29(22-14-6-2-7-15-22)30(26)32(36)31(27)34-33-23-16-8-3-9-17-23/h1-20,35-36H. The fourth-order valence-corrected chi connectivity index (χ4v) is 4.82. The Labute approximate surface area is 208 Å². The van der Waals surface area contributed by atoms with E-state index in [-0.39, 0.29) is 17.2 Å². The summed E-state index contributed by atoms with van der Waals surface area (Å²) in [6.45, 7) is 0. The van der Waals surface area contributed by atoms with Crippen molar-refractivity contribution in [1.29, 1.82) is 0 Å². The Morgan fingerprint density at radius 2 is 0.972 bits per heavy atom. The van der Waals surface area contributed by atoms with E-state index in [1.165, 1.54) is 0 Å². The molecule has 0 unspecified atom stereocenters. The van der Waals surface area contributed by atoms with Crippen molar-refractivity contribution >= 4 is 32.9 Å². The van der Waals surface area contributed by atoms with Crippen LogP contribution in [0, 0.1) is 0 Å². The summed E-state index contributed by atoms with van der Waals surface area (Å²) in [4.78, 5) is 0. The van der Waals surface area contributed by atoms with Crippen LogP contribution in [0.2, 0.25) is 0 Å². The van der Waals surface area contributed by atoms with Crippen molar-refractivity contribution in [3.8, 4) is 33.8 Å². The number of nitrogens with zero attached hydrogens (tertiary/aromatic N) is 2. The summed E-state index contributed by atoms with van der Waals surface area (Å²) in [5.74, 6) is -0.238. The van der Waals surface area contributed by atoms with Gasteiger partial charge >= 0.3 is 0 Å². The molecule has 36 heavy (non-hydrogen) atoms. The van der Waals surface area contributed by atoms with E-state index in [2.05, 4.69) is 22.4 Å². The Morgan fingerprint density at radius 3 is 1.58 bits per heavy atom. The molecule has 172 valence electrons. The Bertz CT molecular complexity index is 1730. The highest BCUT2D eigenvalue weighted by molar-refractivity contribution is 6.24. The molecule has 0 spiro atoms. The van der Waals surface area contributed by atoms with Crippen LogP contribution in [0.15, 0.2) is 132 Å². The highest BCUT2D eigenvalue weighted by Crippen LogP contribution is 2.52. The van der Waals surface area contributed by atoms with E-state index in [9.17, 15) is 10.2 Å². The first-order chi connectivity index (χ1) is 17.7. The van der Waals surface area contributed by atoms with Crippen LogP contribution in [0.5, 0.6) is 11.5 Å². The quantitative estimate of drug-likeness (QED) is 0.201. The molecule has 0 heterocycles. The Kier molecular flexibility index (Phi) is 5.39. The third-order valence-electron chi connectivity index (χ3n) is 6.39. The van der Waals surface area contributed by atoms with E-state index in [0.29, 0.717) is 11.1 Å². The number of aromatic hydroxyl groups is 2. The SMILES string of the molecule is Oc1cc2c(-c3ccccc3)c3ccccc3c(-c3ccccc3)c2c(O)c1N=Nc1ccccc1. The maximum Gasteiger partial charge on any atom is 0.170 e. The number of rotatable bonds is 4. The largest absolute Gasteiger partial charge is 0.505 e. The zero-order valence-electron chi connectivity index (χ0n) is 19.3. The Balaban J connectivity index is 1.77. The molecule has 0 fully saturated rings. The van der Waals surface area contributed by atoms with Crippen molar-refractivity contribution in [1.82, 2.24) is 0 Å². The average Bonchev–Trinajstić information content (AvgIpc) is 2.93. The zero-order valence-corrected chi connectivity index (χ0v) is 19.3. The van der Waals surface area contributed by atoms with Crippen LogP contribution in [0.25, 0.3) is 43.8 Å². The first-order valence-corrected chi connectivity index (χ1v) is 11.7. The number of hydrogen-bond acceptors (Lipinski definition) is 4. The predicted molar refractivity (Wildman–Crippen MR) is 146 cm³/mol. The fourth-order valence-electron chi connectivity index (χ4n) is 4.82. The topological polar surface area (TPSA) is 65.2 Å². The van der Waals surface area contributed by atoms with Crippen LogP contribution in [0.3, 0.4) is 0 Å². The summed E-state index contributed by atoms with van der Waals surface area (Å²) in [5.41, 5.74) is 4.45. The number of fused-ring (bicyclic) bond motifs is 2. The summed E-state index contributed by atoms with van der Waals surface area (Å²) < 4.78 is 0. The lowest BCUT2D eigenvalue weighted by atomic mass is 9.85. The maximum absolute atomic E-state index is 11.7. The number of phenols is 2. The molecule has 0 saturated carbocycles. The van der Waals surface area contributed by atoms with Gasteiger partial charge in [0.25, 0.3) is 0 Å². The summed E-state index contributed by atoms with van der Waals surface area (Å²) in [6.07, 6.45) is 0. The summed E-state index contributed by atoms with van der Waals surface area (Å²) in [6, 6.07) is 39.1. The van der Waals surface area contributed by atoms with Crippen molar-refractivity contribution in [3.63, 3.8) is 0 Å². The van der Waals surface area contributed by atoms with Crippen molar-refractivity contribution in [2.24, 2.45) is 10.2 Å². The van der Waals surface area contributed by atoms with Gasteiger partial charge in [0.05, 0.1) is 5.69 Å². The predicted octanol–water partition coefficient (Wildman–Crippen LogP) is 9.15. The van der Waals surface area contributed by atoms with E-state index < -0.39 is 0 Å². The molecule has 2 N–H and O–H groups in total. The van der Waals surface area contributed by atoms with Crippen LogP contribution in [0.4, 0.5) is 11.4 Å². The molecule has 0 aliphatic carbocycles. The van der Waals surface area contributed by atoms with Crippen molar-refractivity contribution < 1.29 is 10.2 Å². The van der Waals surface area contributed by atoms with Crippen molar-refractivity contribution in [2.75, 3.05) is 0 Å². The van der Waals surface area contributed by atoms with Gasteiger partial charge in [-0.15, -0.1) is 5.11 Å². The molecular formula is C32H22N2O2. The zero-order chi connectivity index (χ0) is 24.5. The molecule has 0 saturated heterocycles. The van der Waals surface area contributed by atoms with Gasteiger partial charge in [0, 0.05) is 10.9 Å². The normalized spacial score (nSPS) is 11.4. The highest BCUT2D eigenvalue weighted by Gasteiger charge is 2.23. The van der Waals surface area contributed by atoms with Gasteiger partial charge in [0.15, 0.2) is 11.4 Å². The number of azo groups is 1. The van der Waals surface area contributed by atoms with Gasteiger partial charge < -0.3 is 10.2 Å². The third kappa shape index (κ3) is 3.65. The second-order valence-electron chi connectivity index (χ2n) is 8.58. The van der Waals surface area contributed by atoms with Gasteiger partial charge in [-0.2, -0.15) is 5.11 Å². The van der Waals surface area contributed by atoms with Gasteiger partial charge in [-0.25, -0.2) is 0 Å². The van der Waals surface area contributed by atoms with Crippen LogP contribution in [-0.2, 0) is 0 Å². The molecule has 0 aliphatic rings. The number of benzene rings is 6. The van der Waals surface area contributed by atoms with Gasteiger partial charge in [0.2, 0.25) is 0 Å². The van der Waals surface area contributed by atoms with E-state index in [4.69, 9.17) is 0 Å². The van der Waals surface area contributed by atoms with Gasteiger partial charge in [-0.05, 0) is 51.0 Å². The third-order valence-corrected chi connectivity index (χ3v) is 6.39. The minimum absolute atomic E-state index is 0.0397. The molecule has 0 aliphatic heterocycles. The molecule has 6 rings (SSSR count). The molecule has 4 nitrogen and oxygen atoms in total. The lowest BCUT2D eigenvalue weighted by Gasteiger charge is -2.19. The Hall–Kier alpha value is -4.96. The summed E-state index contributed by atoms with van der Waals surface area (Å²) >= 11 is 0. The molecule has 0 radical (unpaired) electrons. The monoisotopic (exact) mass is 466 g/mol. The lowest BCUT2D eigenvalue weighted by molar-refractivity contribution is 0.457. The minimum atomic E-state index is -0.133. The fraction of sp³-hybridized carbons (Fsp3) is 0. The van der Waals surface area contributed by atoms with Crippen LogP contribution in [0.1, 0.15) is 0 Å². The van der Waals surface area contributed by atoms with E-state index >= 15 is 0 Å². The van der Waals surface area contributed by atoms with Gasteiger partial charge in [-0.3, -0.25) is 0 Å². The molecular weight excluding hydrogens is 444 g/mol. The van der Waals surface area contributed by atoms with Crippen LogP contribution in [-0.4, -0.2) is 10.2 Å². The maximum atomic E-state index is 11.7. The molecule has 0 aromatic heterocycles. The lowest BCUT2D eigenvalue weighted by Crippen LogP contribution is -1.91. The van der Waals surface area contributed by atoms with Crippen LogP contribution < -0.4 is 0 Å². The highest BCUT2D eigenvalue weighted by atomic mass is 16.3. The summed E-state index contributed by atoms with van der Waals surface area (Å²) in [5, 5.41) is 34.7. The van der Waals surface area contributed by atoms with E-state index in [1.807, 2.05) is 103 Å². The Morgan fingerprint density at radius 1 is 0.472 bits per heavy atom. The smallest absolute Gasteiger partial charge is 0.170 e. The van der Waals surface area contributed by atoms with Crippen molar-refractivity contribution in [3.05, 3.63) is 121 Å².